The second kappa shape index (κ2) is 1.51. The molecule has 0 aliphatic heterocycles. The summed E-state index contributed by atoms with van der Waals surface area (Å²) in [7, 11) is 0. The summed E-state index contributed by atoms with van der Waals surface area (Å²) >= 11 is 0. The highest BCUT2D eigenvalue weighted by Gasteiger charge is 2.46. The third kappa shape index (κ3) is 0.710. The van der Waals surface area contributed by atoms with Crippen molar-refractivity contribution in [3.05, 3.63) is 0 Å². The molecule has 2 fully saturated rings. The van der Waals surface area contributed by atoms with E-state index in [0.717, 1.165) is 12.3 Å². The molecule has 0 heterocycles. The molecule has 1 N–H and O–H groups in total. The van der Waals surface area contributed by atoms with Crippen LogP contribution < -0.4 is 0 Å². The molecular formula is C8H14O. The minimum absolute atomic E-state index is 0.0804. The molecule has 0 spiro atoms. The van der Waals surface area contributed by atoms with Crippen LogP contribution in [0.15, 0.2) is 0 Å². The van der Waals surface area contributed by atoms with Gasteiger partial charge >= 0.3 is 0 Å². The van der Waals surface area contributed by atoms with E-state index in [0.29, 0.717) is 5.92 Å². The summed E-state index contributed by atoms with van der Waals surface area (Å²) in [5.74, 6) is 1.57. The summed E-state index contributed by atoms with van der Waals surface area (Å²) in [6.07, 6.45) is 5.11. The first-order valence-electron chi connectivity index (χ1n) is 4.30. The first kappa shape index (κ1) is 4.73. The maximum absolute atomic E-state index is 6.95. The number of hydrogen-bond donors (Lipinski definition) is 1. The smallest absolute Gasteiger partial charge is 0.211 e. The van der Waals surface area contributed by atoms with Gasteiger partial charge in [0.1, 0.15) is 0 Å². The van der Waals surface area contributed by atoms with E-state index in [4.69, 9.17) is 6.54 Å². The molecule has 2 aliphatic rings. The Bertz CT molecular complexity index is 148. The quantitative estimate of drug-likeness (QED) is 0.566. The summed E-state index contributed by atoms with van der Waals surface area (Å²) in [4.78, 5) is 0. The van der Waals surface area contributed by atoms with Gasteiger partial charge in [-0.25, -0.2) is 0 Å². The fraction of sp³-hybridized carbons (Fsp3) is 1.00. The zero-order valence-electron chi connectivity index (χ0n) is 6.89. The Kier molecular flexibility index (Phi) is 0.795. The van der Waals surface area contributed by atoms with E-state index in [-0.39, 0.29) is 5.60 Å². The molecule has 0 saturated heterocycles. The van der Waals surface area contributed by atoms with E-state index < -0.39 is 0 Å². The van der Waals surface area contributed by atoms with Crippen molar-refractivity contribution in [1.29, 1.82) is 1.43 Å². The number of rotatable bonds is 1. The molecule has 2 saturated carbocycles. The van der Waals surface area contributed by atoms with Gasteiger partial charge in [0.05, 0.1) is 5.60 Å². The third-order valence-electron chi connectivity index (χ3n) is 3.10. The monoisotopic (exact) mass is 127 g/mol. The average Bonchev–Trinajstić information content (AvgIpc) is 2.46. The van der Waals surface area contributed by atoms with E-state index in [9.17, 15) is 0 Å². The summed E-state index contributed by atoms with van der Waals surface area (Å²) in [6.45, 7) is 2.09. The molecule has 9 heavy (non-hydrogen) atoms. The van der Waals surface area contributed by atoms with Gasteiger partial charge in [0, 0.05) is 0 Å². The molecule has 0 aromatic rings. The van der Waals surface area contributed by atoms with Gasteiger partial charge in [0.2, 0.25) is 1.43 Å². The average molecular weight is 127 g/mol. The highest BCUT2D eigenvalue weighted by atomic mass is 16.3. The number of fused-ring (bicyclic) bond motifs is 2. The van der Waals surface area contributed by atoms with Gasteiger partial charge in [0.25, 0.3) is 0 Å². The molecule has 0 radical (unpaired) electrons. The summed E-state index contributed by atoms with van der Waals surface area (Å²) < 4.78 is 6.95. The fourth-order valence-electron chi connectivity index (χ4n) is 2.55. The lowest BCUT2D eigenvalue weighted by atomic mass is 9.86. The van der Waals surface area contributed by atoms with Crippen molar-refractivity contribution in [3.63, 3.8) is 0 Å². The van der Waals surface area contributed by atoms with Gasteiger partial charge in [-0.3, -0.25) is 0 Å². The highest BCUT2D eigenvalue weighted by Crippen LogP contribution is 2.50. The van der Waals surface area contributed by atoms with E-state index in [1.54, 1.807) is 0 Å². The van der Waals surface area contributed by atoms with Crippen molar-refractivity contribution < 1.29 is 5.11 Å². The molecule has 0 aromatic heterocycles. The lowest BCUT2D eigenvalue weighted by Crippen LogP contribution is -2.30. The fourth-order valence-corrected chi connectivity index (χ4v) is 2.55. The van der Waals surface area contributed by atoms with E-state index in [1.807, 2.05) is 0 Å². The molecule has 0 amide bonds. The van der Waals surface area contributed by atoms with Crippen LogP contribution in [0.4, 0.5) is 0 Å². The van der Waals surface area contributed by atoms with Gasteiger partial charge in [-0.1, -0.05) is 0 Å². The minimum atomic E-state index is -0.0804. The van der Waals surface area contributed by atoms with Crippen LogP contribution in [0.3, 0.4) is 0 Å². The second-order valence-electron chi connectivity index (χ2n) is 3.89. The van der Waals surface area contributed by atoms with Crippen molar-refractivity contribution >= 4 is 0 Å². The molecule has 52 valence electrons. The Hall–Kier alpha value is -0.0400. The molecule has 1 nitrogen and oxygen atoms in total. The Morgan fingerprint density at radius 1 is 1.67 bits per heavy atom. The van der Waals surface area contributed by atoms with Gasteiger partial charge in [-0.15, -0.1) is 0 Å². The molecule has 3 unspecified atom stereocenters. The Labute approximate surface area is 57.6 Å². The predicted molar refractivity (Wildman–Crippen MR) is 36.1 cm³/mol. The van der Waals surface area contributed by atoms with E-state index in [2.05, 4.69) is 6.92 Å². The topological polar surface area (TPSA) is 20.2 Å². The van der Waals surface area contributed by atoms with Gasteiger partial charge in [-0.05, 0) is 44.4 Å². The van der Waals surface area contributed by atoms with Crippen molar-refractivity contribution in [2.24, 2.45) is 11.8 Å². The molecule has 0 aromatic carbocycles. The second-order valence-corrected chi connectivity index (χ2v) is 3.89. The van der Waals surface area contributed by atoms with E-state index in [1.165, 1.54) is 19.3 Å². The largest absolute Gasteiger partial charge is 0.390 e. The van der Waals surface area contributed by atoms with Crippen LogP contribution in [0.2, 0.25) is 0 Å². The molecular weight excluding hydrogens is 112 g/mol. The lowest BCUT2D eigenvalue weighted by molar-refractivity contribution is 0.00531. The maximum atomic E-state index is 6.95. The van der Waals surface area contributed by atoms with Gasteiger partial charge in [-0.2, -0.15) is 0 Å². The predicted octanol–water partition coefficient (Wildman–Crippen LogP) is 1.56. The zero-order valence-corrected chi connectivity index (χ0v) is 5.89. The zero-order chi connectivity index (χ0) is 7.19. The van der Waals surface area contributed by atoms with Gasteiger partial charge in [0.15, 0.2) is 0 Å². The van der Waals surface area contributed by atoms with Crippen molar-refractivity contribution in [1.82, 2.24) is 0 Å². The van der Waals surface area contributed by atoms with Gasteiger partial charge < -0.3 is 5.11 Å². The van der Waals surface area contributed by atoms with Crippen LogP contribution >= 0.6 is 0 Å². The maximum Gasteiger partial charge on any atom is 0.211 e. The molecule has 2 bridgehead atoms. The molecule has 1 heteroatoms. The molecule has 3 atom stereocenters. The van der Waals surface area contributed by atoms with Crippen LogP contribution in [-0.4, -0.2) is 12.1 Å². The van der Waals surface area contributed by atoms with Crippen LogP contribution in [0, 0.1) is 11.8 Å². The number of aliphatic hydroxyl groups is 1. The summed E-state index contributed by atoms with van der Waals surface area (Å²) in [5.41, 5.74) is -0.0804. The van der Waals surface area contributed by atoms with Crippen molar-refractivity contribution in [2.75, 3.05) is 0 Å². The molecule has 2 aliphatic carbocycles. The SMILES string of the molecule is [2H]OC1(C)CC2CCC1C2. The van der Waals surface area contributed by atoms with Crippen molar-refractivity contribution in [2.45, 2.75) is 38.2 Å². The summed E-state index contributed by atoms with van der Waals surface area (Å²) in [5, 5.41) is 4.78. The first-order chi connectivity index (χ1) is 4.74. The highest BCUT2D eigenvalue weighted by molar-refractivity contribution is 4.98. The number of hydrogen-bond acceptors (Lipinski definition) is 1. The van der Waals surface area contributed by atoms with Crippen LogP contribution in [0.1, 0.15) is 32.6 Å². The lowest BCUT2D eigenvalue weighted by Gasteiger charge is -2.27. The van der Waals surface area contributed by atoms with Crippen molar-refractivity contribution in [3.8, 4) is 0 Å². The van der Waals surface area contributed by atoms with Crippen LogP contribution in [0.5, 0.6) is 0 Å². The third-order valence-corrected chi connectivity index (χ3v) is 3.10. The Balaban J connectivity index is 2.14. The first-order valence-corrected chi connectivity index (χ1v) is 3.89. The van der Waals surface area contributed by atoms with E-state index >= 15 is 0 Å². The Morgan fingerprint density at radius 2 is 2.56 bits per heavy atom. The van der Waals surface area contributed by atoms with Crippen LogP contribution in [0.25, 0.3) is 0 Å². The summed E-state index contributed by atoms with van der Waals surface area (Å²) in [6, 6.07) is 0. The molecule has 2 rings (SSSR count). The minimum Gasteiger partial charge on any atom is -0.390 e. The Morgan fingerprint density at radius 3 is 2.89 bits per heavy atom. The standard InChI is InChI=1S/C8H14O/c1-8(9)5-6-2-3-7(8)4-6/h6-7,9H,2-5H2,1H3/i9D. The van der Waals surface area contributed by atoms with Crippen LogP contribution in [-0.2, 0) is 0 Å². The normalized spacial score (nSPS) is 58.1.